The standard InChI is InChI=1S/C14H25N3O3.HI/c1-3-15-13(16-7-4-12(18)19-2)17-8-5-14(10-17)6-9-20-11-14;/h3-11H2,1-2H3,(H,15,16);1H. The van der Waals surface area contributed by atoms with Gasteiger partial charge in [-0.3, -0.25) is 9.79 Å². The summed E-state index contributed by atoms with van der Waals surface area (Å²) in [5.41, 5.74) is 0.318. The SMILES string of the molecule is CCNC(=NCCC(=O)OC)N1CCC2(CCOC2)C1.I. The van der Waals surface area contributed by atoms with Crippen molar-refractivity contribution in [1.82, 2.24) is 10.2 Å². The summed E-state index contributed by atoms with van der Waals surface area (Å²) in [6.45, 7) is 7.10. The number of halogens is 1. The second-order valence-electron chi connectivity index (χ2n) is 5.54. The summed E-state index contributed by atoms with van der Waals surface area (Å²) in [5.74, 6) is 0.687. The molecular weight excluding hydrogens is 385 g/mol. The second kappa shape index (κ2) is 8.77. The van der Waals surface area contributed by atoms with Crippen LogP contribution in [-0.2, 0) is 14.3 Å². The number of esters is 1. The Morgan fingerprint density at radius 2 is 2.29 bits per heavy atom. The summed E-state index contributed by atoms with van der Waals surface area (Å²) in [6, 6.07) is 0. The van der Waals surface area contributed by atoms with E-state index in [0.717, 1.165) is 51.6 Å². The Hall–Kier alpha value is -0.570. The van der Waals surface area contributed by atoms with E-state index in [9.17, 15) is 4.79 Å². The van der Waals surface area contributed by atoms with Crippen LogP contribution in [0.1, 0.15) is 26.2 Å². The lowest BCUT2D eigenvalue weighted by Crippen LogP contribution is -2.41. The van der Waals surface area contributed by atoms with Gasteiger partial charge >= 0.3 is 5.97 Å². The highest BCUT2D eigenvalue weighted by Gasteiger charge is 2.42. The zero-order chi connectivity index (χ0) is 14.4. The molecule has 0 aromatic rings. The van der Waals surface area contributed by atoms with E-state index in [1.807, 2.05) is 0 Å². The molecule has 0 amide bonds. The van der Waals surface area contributed by atoms with Crippen LogP contribution < -0.4 is 5.32 Å². The van der Waals surface area contributed by atoms with E-state index < -0.39 is 0 Å². The van der Waals surface area contributed by atoms with Crippen LogP contribution in [0.4, 0.5) is 0 Å². The van der Waals surface area contributed by atoms with E-state index in [1.165, 1.54) is 7.11 Å². The van der Waals surface area contributed by atoms with Crippen molar-refractivity contribution in [2.24, 2.45) is 10.4 Å². The average molecular weight is 411 g/mol. The van der Waals surface area contributed by atoms with Gasteiger partial charge in [-0.15, -0.1) is 24.0 Å². The number of guanidine groups is 1. The van der Waals surface area contributed by atoms with Crippen LogP contribution in [-0.4, -0.2) is 63.3 Å². The Morgan fingerprint density at radius 3 is 2.90 bits per heavy atom. The van der Waals surface area contributed by atoms with Gasteiger partial charge in [0.05, 0.1) is 26.7 Å². The first-order valence-corrected chi connectivity index (χ1v) is 7.37. The number of nitrogens with zero attached hydrogens (tertiary/aromatic N) is 2. The summed E-state index contributed by atoms with van der Waals surface area (Å²) in [6.07, 6.45) is 2.63. The van der Waals surface area contributed by atoms with Crippen molar-refractivity contribution in [1.29, 1.82) is 0 Å². The third-order valence-electron chi connectivity index (χ3n) is 4.06. The van der Waals surface area contributed by atoms with Gasteiger partial charge in [0.25, 0.3) is 0 Å². The third-order valence-corrected chi connectivity index (χ3v) is 4.06. The molecular formula is C14H26IN3O3. The van der Waals surface area contributed by atoms with E-state index in [4.69, 9.17) is 4.74 Å². The maximum atomic E-state index is 11.1. The number of methoxy groups -OCH3 is 1. The fraction of sp³-hybridized carbons (Fsp3) is 0.857. The van der Waals surface area contributed by atoms with Gasteiger partial charge in [-0.25, -0.2) is 0 Å². The van der Waals surface area contributed by atoms with Gasteiger partial charge in [0, 0.05) is 31.7 Å². The van der Waals surface area contributed by atoms with Crippen molar-refractivity contribution in [2.45, 2.75) is 26.2 Å². The van der Waals surface area contributed by atoms with E-state index in [-0.39, 0.29) is 29.9 Å². The van der Waals surface area contributed by atoms with Crippen LogP contribution in [0, 0.1) is 5.41 Å². The van der Waals surface area contributed by atoms with E-state index in [1.54, 1.807) is 0 Å². The molecule has 2 fully saturated rings. The molecule has 21 heavy (non-hydrogen) atoms. The summed E-state index contributed by atoms with van der Waals surface area (Å²) in [5, 5.41) is 3.31. The predicted octanol–water partition coefficient (Wildman–Crippen LogP) is 1.25. The normalized spacial score (nSPS) is 25.0. The zero-order valence-corrected chi connectivity index (χ0v) is 15.2. The number of aliphatic imine (C=N–C) groups is 1. The summed E-state index contributed by atoms with van der Waals surface area (Å²) >= 11 is 0. The zero-order valence-electron chi connectivity index (χ0n) is 12.9. The van der Waals surface area contributed by atoms with Crippen molar-refractivity contribution in [2.75, 3.05) is 46.5 Å². The monoisotopic (exact) mass is 411 g/mol. The molecule has 1 N–H and O–H groups in total. The van der Waals surface area contributed by atoms with Crippen molar-refractivity contribution >= 4 is 35.9 Å². The quantitative estimate of drug-likeness (QED) is 0.327. The topological polar surface area (TPSA) is 63.2 Å². The Morgan fingerprint density at radius 1 is 1.48 bits per heavy atom. The first-order chi connectivity index (χ1) is 9.69. The molecule has 1 atom stereocenters. The number of rotatable bonds is 4. The first-order valence-electron chi connectivity index (χ1n) is 7.37. The van der Waals surface area contributed by atoms with Crippen LogP contribution in [0.3, 0.4) is 0 Å². The largest absolute Gasteiger partial charge is 0.469 e. The number of hydrogen-bond donors (Lipinski definition) is 1. The van der Waals surface area contributed by atoms with Gasteiger partial charge in [0.15, 0.2) is 5.96 Å². The molecule has 0 aromatic heterocycles. The molecule has 2 saturated heterocycles. The van der Waals surface area contributed by atoms with Crippen molar-refractivity contribution in [3.05, 3.63) is 0 Å². The maximum absolute atomic E-state index is 11.1. The molecule has 0 aromatic carbocycles. The molecule has 1 unspecified atom stereocenters. The number of ether oxygens (including phenoxy) is 2. The number of carbonyl (C=O) groups is 1. The number of nitrogens with one attached hydrogen (secondary N) is 1. The maximum Gasteiger partial charge on any atom is 0.307 e. The van der Waals surface area contributed by atoms with Crippen LogP contribution in [0.15, 0.2) is 4.99 Å². The lowest BCUT2D eigenvalue weighted by atomic mass is 9.87. The van der Waals surface area contributed by atoms with Crippen LogP contribution in [0.5, 0.6) is 0 Å². The van der Waals surface area contributed by atoms with Crippen molar-refractivity contribution in [3.8, 4) is 0 Å². The third kappa shape index (κ3) is 4.98. The van der Waals surface area contributed by atoms with E-state index in [2.05, 4.69) is 26.9 Å². The molecule has 2 rings (SSSR count). The van der Waals surface area contributed by atoms with Crippen molar-refractivity contribution < 1.29 is 14.3 Å². The minimum atomic E-state index is -0.216. The smallest absolute Gasteiger partial charge is 0.307 e. The molecule has 7 heteroatoms. The van der Waals surface area contributed by atoms with Gasteiger partial charge in [-0.05, 0) is 19.8 Å². The van der Waals surface area contributed by atoms with Crippen LogP contribution in [0.25, 0.3) is 0 Å². The molecule has 2 aliphatic rings. The fourth-order valence-electron chi connectivity index (χ4n) is 2.87. The average Bonchev–Trinajstić information content (AvgIpc) is 3.08. The minimum absolute atomic E-state index is 0. The van der Waals surface area contributed by atoms with Crippen molar-refractivity contribution in [3.63, 3.8) is 0 Å². The predicted molar refractivity (Wildman–Crippen MR) is 92.1 cm³/mol. The highest BCUT2D eigenvalue weighted by molar-refractivity contribution is 14.0. The highest BCUT2D eigenvalue weighted by Crippen LogP contribution is 2.38. The minimum Gasteiger partial charge on any atom is -0.469 e. The van der Waals surface area contributed by atoms with E-state index >= 15 is 0 Å². The number of carbonyl (C=O) groups excluding carboxylic acids is 1. The number of hydrogen-bond acceptors (Lipinski definition) is 4. The van der Waals surface area contributed by atoms with Gasteiger partial charge in [0.2, 0.25) is 0 Å². The second-order valence-corrected chi connectivity index (χ2v) is 5.54. The molecule has 2 aliphatic heterocycles. The molecule has 1 spiro atoms. The van der Waals surface area contributed by atoms with Gasteiger partial charge in [-0.1, -0.05) is 0 Å². The lowest BCUT2D eigenvalue weighted by molar-refractivity contribution is -0.140. The Kier molecular flexibility index (Phi) is 7.72. The summed E-state index contributed by atoms with van der Waals surface area (Å²) in [7, 11) is 1.40. The fourth-order valence-corrected chi connectivity index (χ4v) is 2.87. The molecule has 0 saturated carbocycles. The van der Waals surface area contributed by atoms with E-state index in [0.29, 0.717) is 18.4 Å². The first kappa shape index (κ1) is 18.5. The van der Waals surface area contributed by atoms with Crippen LogP contribution in [0.2, 0.25) is 0 Å². The van der Waals surface area contributed by atoms with Gasteiger partial charge in [0.1, 0.15) is 0 Å². The van der Waals surface area contributed by atoms with Gasteiger partial charge in [-0.2, -0.15) is 0 Å². The molecule has 6 nitrogen and oxygen atoms in total. The summed E-state index contributed by atoms with van der Waals surface area (Å²) in [4.78, 5) is 17.9. The molecule has 0 radical (unpaired) electrons. The summed E-state index contributed by atoms with van der Waals surface area (Å²) < 4.78 is 10.2. The molecule has 122 valence electrons. The van der Waals surface area contributed by atoms with Crippen LogP contribution >= 0.6 is 24.0 Å². The lowest BCUT2D eigenvalue weighted by Gasteiger charge is -2.24. The highest BCUT2D eigenvalue weighted by atomic mass is 127. The molecule has 0 bridgehead atoms. The molecule has 2 heterocycles. The molecule has 0 aliphatic carbocycles. The Bertz CT molecular complexity index is 370. The Balaban J connectivity index is 0.00000220. The van der Waals surface area contributed by atoms with Gasteiger partial charge < -0.3 is 19.7 Å². The number of likely N-dealkylation sites (tertiary alicyclic amines) is 1. The Labute approximate surface area is 143 Å².